The van der Waals surface area contributed by atoms with E-state index >= 15 is 0 Å². The number of carbonyl (C=O) groups is 2. The molecule has 1 aromatic rings. The molecule has 49 heavy (non-hydrogen) atoms. The molecule has 7 nitrogen and oxygen atoms in total. The number of phosphoric ester groups is 1. The Balaban J connectivity index is 2.33. The Labute approximate surface area is 301 Å². The van der Waals surface area contributed by atoms with Crippen LogP contribution in [-0.2, 0) is 29.7 Å². The maximum atomic E-state index is 13.2. The number of hydrogen-bond donors (Lipinski definition) is 1. The third-order valence-corrected chi connectivity index (χ3v) is 10.7. The molecule has 0 aliphatic rings. The van der Waals surface area contributed by atoms with Crippen molar-refractivity contribution < 1.29 is 28.1 Å². The summed E-state index contributed by atoms with van der Waals surface area (Å²) < 4.78 is 24.8. The largest absolute Gasteiger partial charge is 0.472 e. The minimum Gasteiger partial charge on any atom is -0.352 e. The molecule has 1 aromatic heterocycles. The van der Waals surface area contributed by atoms with Gasteiger partial charge in [0.05, 0.1) is 13.2 Å². The molecule has 1 heterocycles. The average molecular weight is 710 g/mol. The van der Waals surface area contributed by atoms with Crippen LogP contribution in [0.5, 0.6) is 0 Å². The first-order chi connectivity index (χ1) is 23.9. The summed E-state index contributed by atoms with van der Waals surface area (Å²) in [6.45, 7) is 4.68. The maximum Gasteiger partial charge on any atom is 0.472 e. The van der Waals surface area contributed by atoms with Crippen LogP contribution in [0.25, 0.3) is 0 Å². The lowest BCUT2D eigenvalue weighted by molar-refractivity contribution is -0.129. The molecule has 0 amide bonds. The van der Waals surface area contributed by atoms with Gasteiger partial charge >= 0.3 is 7.82 Å². The molecule has 0 bridgehead atoms. The minimum absolute atomic E-state index is 0.0119. The van der Waals surface area contributed by atoms with Gasteiger partial charge in [0.15, 0.2) is 0 Å². The first-order valence-electron chi connectivity index (χ1n) is 20.6. The summed E-state index contributed by atoms with van der Waals surface area (Å²) in [7, 11) is -4.34. The van der Waals surface area contributed by atoms with Crippen molar-refractivity contribution >= 4 is 19.4 Å². The molecule has 286 valence electrons. The summed E-state index contributed by atoms with van der Waals surface area (Å²) in [6, 6.07) is 3.75. The van der Waals surface area contributed by atoms with Gasteiger partial charge in [-0.3, -0.25) is 18.6 Å². The summed E-state index contributed by atoms with van der Waals surface area (Å²) in [4.78, 5) is 36.4. The zero-order valence-corrected chi connectivity index (χ0v) is 32.8. The molecular weight excluding hydrogens is 633 g/mol. The van der Waals surface area contributed by atoms with E-state index < -0.39 is 13.7 Å². The topological polar surface area (TPSA) is 94.8 Å². The van der Waals surface area contributed by atoms with Crippen LogP contribution in [0.3, 0.4) is 0 Å². The molecule has 0 saturated carbocycles. The van der Waals surface area contributed by atoms with Gasteiger partial charge in [-0.05, 0) is 25.0 Å². The molecule has 1 N–H and O–H groups in total. The molecule has 0 aromatic carbocycles. The minimum atomic E-state index is -4.34. The molecule has 2 atom stereocenters. The van der Waals surface area contributed by atoms with Gasteiger partial charge < -0.3 is 9.46 Å². The van der Waals surface area contributed by atoms with Gasteiger partial charge in [0.2, 0.25) is 0 Å². The average Bonchev–Trinajstić information content (AvgIpc) is 3.60. The van der Waals surface area contributed by atoms with Crippen molar-refractivity contribution in [1.82, 2.24) is 4.57 Å². The van der Waals surface area contributed by atoms with E-state index in [9.17, 15) is 19.0 Å². The number of carbonyl (C=O) groups excluding carboxylic acids is 2. The van der Waals surface area contributed by atoms with Crippen molar-refractivity contribution in [1.29, 1.82) is 0 Å². The molecule has 0 aliphatic heterocycles. The Morgan fingerprint density at radius 1 is 0.592 bits per heavy atom. The number of phosphoric acid groups is 1. The predicted molar refractivity (Wildman–Crippen MR) is 205 cm³/mol. The van der Waals surface area contributed by atoms with Crippen molar-refractivity contribution in [3.05, 3.63) is 24.5 Å². The van der Waals surface area contributed by atoms with Gasteiger partial charge in [-0.1, -0.05) is 168 Å². The second kappa shape index (κ2) is 32.6. The van der Waals surface area contributed by atoms with Crippen LogP contribution in [0.2, 0.25) is 0 Å². The van der Waals surface area contributed by atoms with E-state index in [0.29, 0.717) is 19.4 Å². The second-order valence-corrected chi connectivity index (χ2v) is 15.9. The fraction of sp³-hybridized carbons (Fsp3) is 0.854. The summed E-state index contributed by atoms with van der Waals surface area (Å²) in [5.74, 6) is -0.717. The van der Waals surface area contributed by atoms with Crippen LogP contribution >= 0.6 is 7.82 Å². The lowest BCUT2D eigenvalue weighted by atomic mass is 9.92. The second-order valence-electron chi connectivity index (χ2n) is 14.4. The third kappa shape index (κ3) is 29.1. The molecule has 1 rings (SSSR count). The van der Waals surface area contributed by atoms with E-state index in [1.54, 1.807) is 0 Å². The number of nitrogens with zero attached hydrogens (tertiary/aromatic N) is 1. The Bertz CT molecular complexity index is 936. The molecular formula is C41H76NO6P. The summed E-state index contributed by atoms with van der Waals surface area (Å²) >= 11 is 0. The number of hydrogen-bond acceptors (Lipinski definition) is 5. The van der Waals surface area contributed by atoms with Crippen LogP contribution in [0, 0.1) is 5.92 Å². The molecule has 0 fully saturated rings. The van der Waals surface area contributed by atoms with Crippen LogP contribution in [-0.4, -0.2) is 34.2 Å². The number of unbranched alkanes of at least 4 members (excludes halogenated alkanes) is 24. The molecule has 8 heteroatoms. The van der Waals surface area contributed by atoms with Crippen LogP contribution < -0.4 is 0 Å². The van der Waals surface area contributed by atoms with Gasteiger partial charge in [0.1, 0.15) is 11.6 Å². The zero-order chi connectivity index (χ0) is 35.7. The van der Waals surface area contributed by atoms with E-state index in [2.05, 4.69) is 13.8 Å². The van der Waals surface area contributed by atoms with E-state index in [4.69, 9.17) is 9.05 Å². The predicted octanol–water partition coefficient (Wildman–Crippen LogP) is 12.7. The number of ketones is 2. The fourth-order valence-electron chi connectivity index (χ4n) is 6.51. The molecule has 0 saturated heterocycles. The summed E-state index contributed by atoms with van der Waals surface area (Å²) in [5.41, 5.74) is 0. The van der Waals surface area contributed by atoms with E-state index in [0.717, 1.165) is 38.5 Å². The van der Waals surface area contributed by atoms with Gasteiger partial charge in [0.25, 0.3) is 0 Å². The number of rotatable bonds is 38. The number of Topliss-reactive ketones (excluding diaryl/α,β-unsaturated/α-hetero) is 2. The highest BCUT2D eigenvalue weighted by Crippen LogP contribution is 2.43. The monoisotopic (exact) mass is 710 g/mol. The quantitative estimate of drug-likeness (QED) is 0.0542. The Morgan fingerprint density at radius 3 is 1.41 bits per heavy atom. The molecule has 0 radical (unpaired) electrons. The Kier molecular flexibility index (Phi) is 30.5. The lowest BCUT2D eigenvalue weighted by Crippen LogP contribution is -2.23. The van der Waals surface area contributed by atoms with E-state index in [1.165, 1.54) is 128 Å². The van der Waals surface area contributed by atoms with Crippen molar-refractivity contribution in [3.63, 3.8) is 0 Å². The van der Waals surface area contributed by atoms with Crippen molar-refractivity contribution in [3.8, 4) is 0 Å². The highest BCUT2D eigenvalue weighted by atomic mass is 31.2. The lowest BCUT2D eigenvalue weighted by Gasteiger charge is -2.18. The molecule has 0 spiro atoms. The van der Waals surface area contributed by atoms with Crippen molar-refractivity contribution in [2.24, 2.45) is 5.92 Å². The highest BCUT2D eigenvalue weighted by molar-refractivity contribution is 7.47. The smallest absolute Gasteiger partial charge is 0.352 e. The standard InChI is InChI=1S/C41H76NO6P/c1-3-5-7-9-11-13-15-17-19-21-23-25-27-31-40(43)37-39(38-48-49(45,46)47-36-35-42-33-29-30-34-42)41(44)32-28-26-24-22-20-18-16-14-12-10-8-6-4-2/h29-30,33-34,39H,3-28,31-32,35-38H2,1-2H3,(H,45,46). The van der Waals surface area contributed by atoms with Crippen molar-refractivity contribution in [2.75, 3.05) is 13.2 Å². The van der Waals surface area contributed by atoms with Crippen LogP contribution in [0.15, 0.2) is 24.5 Å². The fourth-order valence-corrected chi connectivity index (χ4v) is 7.26. The SMILES string of the molecule is CCCCCCCCCCCCCCCC(=O)CC(COP(=O)(O)OCCn1cccc1)C(=O)CCCCCCCCCCCCCCC. The summed E-state index contributed by atoms with van der Waals surface area (Å²) in [6.07, 6.45) is 36.9. The maximum absolute atomic E-state index is 13.2. The van der Waals surface area contributed by atoms with Gasteiger partial charge in [-0.25, -0.2) is 4.57 Å². The first kappa shape index (κ1) is 45.8. The molecule has 2 unspecified atom stereocenters. The van der Waals surface area contributed by atoms with E-state index in [1.807, 2.05) is 29.1 Å². The van der Waals surface area contributed by atoms with Gasteiger partial charge in [-0.2, -0.15) is 0 Å². The molecule has 0 aliphatic carbocycles. The van der Waals surface area contributed by atoms with Crippen molar-refractivity contribution in [2.45, 2.75) is 207 Å². The highest BCUT2D eigenvalue weighted by Gasteiger charge is 2.28. The van der Waals surface area contributed by atoms with E-state index in [-0.39, 0.29) is 31.2 Å². The zero-order valence-electron chi connectivity index (χ0n) is 31.9. The Morgan fingerprint density at radius 2 is 0.980 bits per heavy atom. The number of aromatic nitrogens is 1. The van der Waals surface area contributed by atoms with Crippen LogP contribution in [0.4, 0.5) is 0 Å². The van der Waals surface area contributed by atoms with Crippen LogP contribution in [0.1, 0.15) is 200 Å². The van der Waals surface area contributed by atoms with Gasteiger partial charge in [-0.15, -0.1) is 0 Å². The van der Waals surface area contributed by atoms with Gasteiger partial charge in [0, 0.05) is 44.1 Å². The third-order valence-electron chi connectivity index (χ3n) is 9.72. The summed E-state index contributed by atoms with van der Waals surface area (Å²) in [5, 5.41) is 0. The Hall–Kier alpha value is -1.27. The first-order valence-corrected chi connectivity index (χ1v) is 22.1. The normalized spacial score (nSPS) is 13.4.